The predicted molar refractivity (Wildman–Crippen MR) is 96.9 cm³/mol. The number of nitrogens with zero attached hydrogens (tertiary/aromatic N) is 2. The first-order valence-electron chi connectivity index (χ1n) is 8.20. The number of thiophene rings is 1. The molecule has 0 radical (unpaired) electrons. The minimum Gasteiger partial charge on any atom is -0.459 e. The molecule has 0 spiro atoms. The number of carbonyl (C=O) groups excluding carboxylic acids is 1. The van der Waals surface area contributed by atoms with E-state index in [1.807, 2.05) is 34.6 Å². The minimum absolute atomic E-state index is 0.147. The zero-order chi connectivity index (χ0) is 17.7. The van der Waals surface area contributed by atoms with Gasteiger partial charge in [0.1, 0.15) is 21.9 Å². The topological polar surface area (TPSA) is 73.3 Å². The van der Waals surface area contributed by atoms with E-state index in [1.165, 1.54) is 17.7 Å². The number of rotatable bonds is 8. The van der Waals surface area contributed by atoms with Gasteiger partial charge in [-0.3, -0.25) is 0 Å². The summed E-state index contributed by atoms with van der Waals surface area (Å²) in [6.45, 7) is 11.1. The van der Waals surface area contributed by atoms with E-state index in [0.29, 0.717) is 11.5 Å². The quantitative estimate of drug-likeness (QED) is 0.576. The average Bonchev–Trinajstić information content (AvgIpc) is 2.84. The van der Waals surface area contributed by atoms with Crippen LogP contribution in [0.4, 0.5) is 5.82 Å². The van der Waals surface area contributed by atoms with Gasteiger partial charge >= 0.3 is 5.97 Å². The number of ether oxygens (including phenoxy) is 2. The molecule has 0 aromatic carbocycles. The molecule has 0 saturated carbocycles. The van der Waals surface area contributed by atoms with Crippen molar-refractivity contribution >= 4 is 33.3 Å². The van der Waals surface area contributed by atoms with Crippen molar-refractivity contribution in [2.45, 2.75) is 53.2 Å². The van der Waals surface area contributed by atoms with Crippen molar-refractivity contribution in [3.63, 3.8) is 0 Å². The summed E-state index contributed by atoms with van der Waals surface area (Å²) >= 11 is 1.35. The molecule has 0 aliphatic heterocycles. The van der Waals surface area contributed by atoms with Gasteiger partial charge in [-0.05, 0) is 46.6 Å². The van der Waals surface area contributed by atoms with E-state index in [-0.39, 0.29) is 18.2 Å². The second-order valence-corrected chi connectivity index (χ2v) is 7.11. The Morgan fingerprint density at radius 3 is 2.67 bits per heavy atom. The summed E-state index contributed by atoms with van der Waals surface area (Å²) in [5.41, 5.74) is 0.863. The monoisotopic (exact) mass is 351 g/mol. The summed E-state index contributed by atoms with van der Waals surface area (Å²) in [5, 5.41) is 4.21. The van der Waals surface area contributed by atoms with E-state index in [4.69, 9.17) is 9.47 Å². The molecule has 0 aliphatic carbocycles. The molecule has 2 heterocycles. The van der Waals surface area contributed by atoms with Crippen LogP contribution >= 0.6 is 11.3 Å². The maximum Gasteiger partial charge on any atom is 0.348 e. The highest BCUT2D eigenvalue weighted by Gasteiger charge is 2.20. The number of carbonyl (C=O) groups is 1. The maximum absolute atomic E-state index is 12.2. The Morgan fingerprint density at radius 2 is 2.00 bits per heavy atom. The van der Waals surface area contributed by atoms with E-state index in [1.54, 1.807) is 0 Å². The summed E-state index contributed by atoms with van der Waals surface area (Å²) < 4.78 is 10.8. The Balaban J connectivity index is 2.14. The molecule has 7 heteroatoms. The fourth-order valence-electron chi connectivity index (χ4n) is 2.27. The van der Waals surface area contributed by atoms with Gasteiger partial charge in [0.05, 0.1) is 17.6 Å². The first-order valence-corrected chi connectivity index (χ1v) is 9.02. The number of anilines is 1. The van der Waals surface area contributed by atoms with Crippen molar-refractivity contribution in [1.29, 1.82) is 0 Å². The van der Waals surface area contributed by atoms with Gasteiger partial charge in [0.15, 0.2) is 0 Å². The van der Waals surface area contributed by atoms with Crippen molar-refractivity contribution in [1.82, 2.24) is 9.97 Å². The molecule has 2 aromatic rings. The summed E-state index contributed by atoms with van der Waals surface area (Å²) in [7, 11) is 0. The highest BCUT2D eigenvalue weighted by molar-refractivity contribution is 7.20. The lowest BCUT2D eigenvalue weighted by Gasteiger charge is -2.09. The summed E-state index contributed by atoms with van der Waals surface area (Å²) in [6.07, 6.45) is 2.49. The summed E-state index contributed by atoms with van der Waals surface area (Å²) in [4.78, 5) is 22.2. The first kappa shape index (κ1) is 18.6. The fraction of sp³-hybridized carbons (Fsp3) is 0.588. The van der Waals surface area contributed by atoms with Crippen LogP contribution < -0.4 is 5.32 Å². The number of nitrogens with one attached hydrogen (secondary N) is 1. The number of hydrogen-bond acceptors (Lipinski definition) is 7. The van der Waals surface area contributed by atoms with Crippen LogP contribution in [0.3, 0.4) is 0 Å². The average molecular weight is 351 g/mol. The van der Waals surface area contributed by atoms with Crippen LogP contribution in [0, 0.1) is 6.92 Å². The number of esters is 1. The molecule has 1 N–H and O–H groups in total. The highest BCUT2D eigenvalue weighted by Crippen LogP contribution is 2.33. The maximum atomic E-state index is 12.2. The molecule has 0 atom stereocenters. The number of hydrogen-bond donors (Lipinski definition) is 1. The van der Waals surface area contributed by atoms with E-state index in [0.717, 1.165) is 34.6 Å². The Bertz CT molecular complexity index is 698. The second kappa shape index (κ2) is 8.39. The molecule has 2 aromatic heterocycles. The zero-order valence-electron chi connectivity index (χ0n) is 14.9. The van der Waals surface area contributed by atoms with Crippen LogP contribution in [0.25, 0.3) is 10.2 Å². The molecular formula is C17H25N3O3S. The van der Waals surface area contributed by atoms with Crippen molar-refractivity contribution < 1.29 is 14.3 Å². The molecule has 0 unspecified atom stereocenters. The van der Waals surface area contributed by atoms with Crippen LogP contribution in [-0.4, -0.2) is 41.3 Å². The van der Waals surface area contributed by atoms with Crippen LogP contribution in [-0.2, 0) is 9.47 Å². The van der Waals surface area contributed by atoms with Crippen molar-refractivity contribution in [3.05, 3.63) is 16.8 Å². The lowest BCUT2D eigenvalue weighted by Crippen LogP contribution is -2.11. The molecule has 0 amide bonds. The van der Waals surface area contributed by atoms with Gasteiger partial charge in [0, 0.05) is 13.2 Å². The Morgan fingerprint density at radius 1 is 1.25 bits per heavy atom. The standard InChI is InChI=1S/C17H25N3O3S/c1-10(2)22-8-6-7-18-15-13-12(5)14(17(21)23-11(3)4)24-16(13)20-9-19-15/h9-11H,6-8H2,1-5H3,(H,18,19,20). The van der Waals surface area contributed by atoms with Crippen LogP contribution in [0.2, 0.25) is 0 Å². The van der Waals surface area contributed by atoms with E-state index in [9.17, 15) is 4.79 Å². The minimum atomic E-state index is -0.304. The van der Waals surface area contributed by atoms with Gasteiger partial charge in [-0.25, -0.2) is 14.8 Å². The Kier molecular flexibility index (Phi) is 6.51. The fourth-order valence-corrected chi connectivity index (χ4v) is 3.30. The van der Waals surface area contributed by atoms with E-state index < -0.39 is 0 Å². The molecule has 2 rings (SSSR count). The largest absolute Gasteiger partial charge is 0.459 e. The van der Waals surface area contributed by atoms with Gasteiger partial charge in [-0.15, -0.1) is 11.3 Å². The Labute approximate surface area is 146 Å². The van der Waals surface area contributed by atoms with Crippen molar-refractivity contribution in [2.24, 2.45) is 0 Å². The molecule has 0 aliphatic rings. The third-order valence-corrected chi connectivity index (χ3v) is 4.50. The number of aromatic nitrogens is 2. The predicted octanol–water partition coefficient (Wildman–Crippen LogP) is 3.79. The van der Waals surface area contributed by atoms with Gasteiger partial charge in [-0.1, -0.05) is 0 Å². The molecule has 6 nitrogen and oxygen atoms in total. The zero-order valence-corrected chi connectivity index (χ0v) is 15.7. The second-order valence-electron chi connectivity index (χ2n) is 6.11. The number of fused-ring (bicyclic) bond motifs is 1. The van der Waals surface area contributed by atoms with Gasteiger partial charge in [0.25, 0.3) is 0 Å². The Hall–Kier alpha value is -1.73. The van der Waals surface area contributed by atoms with Gasteiger partial charge in [0.2, 0.25) is 0 Å². The van der Waals surface area contributed by atoms with Crippen LogP contribution in [0.5, 0.6) is 0 Å². The third kappa shape index (κ3) is 4.64. The normalized spacial score (nSPS) is 11.5. The van der Waals surface area contributed by atoms with Gasteiger partial charge < -0.3 is 14.8 Å². The third-order valence-electron chi connectivity index (χ3n) is 3.32. The molecule has 0 bridgehead atoms. The van der Waals surface area contributed by atoms with Gasteiger partial charge in [-0.2, -0.15) is 0 Å². The first-order chi connectivity index (χ1) is 11.4. The molecular weight excluding hydrogens is 326 g/mol. The lowest BCUT2D eigenvalue weighted by atomic mass is 10.2. The summed E-state index contributed by atoms with van der Waals surface area (Å²) in [5.74, 6) is 0.448. The van der Waals surface area contributed by atoms with Crippen LogP contribution in [0.1, 0.15) is 49.4 Å². The van der Waals surface area contributed by atoms with Crippen LogP contribution in [0.15, 0.2) is 6.33 Å². The molecule has 132 valence electrons. The SMILES string of the molecule is Cc1c(C(=O)OC(C)C)sc2ncnc(NCCCOC(C)C)c12. The molecule has 24 heavy (non-hydrogen) atoms. The molecule has 0 fully saturated rings. The summed E-state index contributed by atoms with van der Waals surface area (Å²) in [6, 6.07) is 0. The highest BCUT2D eigenvalue weighted by atomic mass is 32.1. The van der Waals surface area contributed by atoms with Crippen molar-refractivity contribution in [3.8, 4) is 0 Å². The van der Waals surface area contributed by atoms with E-state index >= 15 is 0 Å². The number of aryl methyl sites for hydroxylation is 1. The van der Waals surface area contributed by atoms with E-state index in [2.05, 4.69) is 15.3 Å². The van der Waals surface area contributed by atoms with Crippen molar-refractivity contribution in [2.75, 3.05) is 18.5 Å². The molecule has 0 saturated heterocycles. The smallest absolute Gasteiger partial charge is 0.348 e. The lowest BCUT2D eigenvalue weighted by molar-refractivity contribution is 0.0383.